The third-order valence-corrected chi connectivity index (χ3v) is 6.94. The van der Waals surface area contributed by atoms with E-state index < -0.39 is 15.9 Å². The minimum absolute atomic E-state index is 0.150. The zero-order chi connectivity index (χ0) is 20.1. The quantitative estimate of drug-likeness (QED) is 0.774. The first kappa shape index (κ1) is 20.8. The Morgan fingerprint density at radius 1 is 1.21 bits per heavy atom. The van der Waals surface area contributed by atoms with Crippen LogP contribution >= 0.6 is 11.6 Å². The molecule has 2 aromatic rings. The number of hydrogen-bond donors (Lipinski definition) is 1. The summed E-state index contributed by atoms with van der Waals surface area (Å²) in [5.41, 5.74) is 0.802. The number of hydrogen-bond acceptors (Lipinski definition) is 3. The summed E-state index contributed by atoms with van der Waals surface area (Å²) < 4.78 is 40.2. The third kappa shape index (κ3) is 5.10. The number of nitrogens with zero attached hydrogens (tertiary/aromatic N) is 1. The molecule has 1 unspecified atom stereocenters. The summed E-state index contributed by atoms with van der Waals surface area (Å²) in [6.45, 7) is 0.914. The Morgan fingerprint density at radius 2 is 1.96 bits per heavy atom. The third-order valence-electron chi connectivity index (χ3n) is 4.81. The predicted octanol–water partition coefficient (Wildman–Crippen LogP) is 3.24. The lowest BCUT2D eigenvalue weighted by molar-refractivity contribution is -0.126. The normalized spacial score (nSPS) is 18.0. The van der Waals surface area contributed by atoms with E-state index in [1.165, 1.54) is 40.7 Å². The molecule has 2 aromatic carbocycles. The molecule has 28 heavy (non-hydrogen) atoms. The lowest BCUT2D eigenvalue weighted by Crippen LogP contribution is -2.45. The molecule has 1 aliphatic heterocycles. The Balaban J connectivity index is 1.57. The van der Waals surface area contributed by atoms with Crippen LogP contribution < -0.4 is 5.32 Å². The van der Waals surface area contributed by atoms with Crippen molar-refractivity contribution >= 4 is 27.5 Å². The largest absolute Gasteiger partial charge is 0.355 e. The SMILES string of the molecule is O=C(NCCc1cccc(F)c1)C1CCCN(S(=O)(=O)c2ccc(Cl)cc2)C1. The fourth-order valence-corrected chi connectivity index (χ4v) is 4.95. The van der Waals surface area contributed by atoms with E-state index in [1.54, 1.807) is 12.1 Å². The van der Waals surface area contributed by atoms with Crippen molar-refractivity contribution in [3.8, 4) is 0 Å². The lowest BCUT2D eigenvalue weighted by atomic mass is 9.99. The zero-order valence-electron chi connectivity index (χ0n) is 15.3. The Bertz CT molecular complexity index is 935. The van der Waals surface area contributed by atoms with Crippen LogP contribution in [0.25, 0.3) is 0 Å². The van der Waals surface area contributed by atoms with Crippen molar-refractivity contribution in [1.82, 2.24) is 9.62 Å². The highest BCUT2D eigenvalue weighted by atomic mass is 35.5. The smallest absolute Gasteiger partial charge is 0.243 e. The molecule has 0 spiro atoms. The van der Waals surface area contributed by atoms with E-state index in [2.05, 4.69) is 5.32 Å². The van der Waals surface area contributed by atoms with Crippen molar-refractivity contribution < 1.29 is 17.6 Å². The van der Waals surface area contributed by atoms with Gasteiger partial charge in [0.1, 0.15) is 5.82 Å². The zero-order valence-corrected chi connectivity index (χ0v) is 16.8. The van der Waals surface area contributed by atoms with Gasteiger partial charge in [0.25, 0.3) is 0 Å². The molecule has 0 bridgehead atoms. The van der Waals surface area contributed by atoms with Crippen molar-refractivity contribution in [3.63, 3.8) is 0 Å². The molecule has 1 aliphatic rings. The van der Waals surface area contributed by atoms with E-state index in [1.807, 2.05) is 0 Å². The van der Waals surface area contributed by atoms with Gasteiger partial charge in [-0.15, -0.1) is 0 Å². The minimum Gasteiger partial charge on any atom is -0.355 e. The first-order valence-corrected chi connectivity index (χ1v) is 11.0. The van der Waals surface area contributed by atoms with Gasteiger partial charge in [-0.2, -0.15) is 4.31 Å². The summed E-state index contributed by atoms with van der Waals surface area (Å²) in [5.74, 6) is -0.880. The van der Waals surface area contributed by atoms with Gasteiger partial charge in [0.2, 0.25) is 15.9 Å². The molecule has 5 nitrogen and oxygen atoms in total. The van der Waals surface area contributed by atoms with Crippen LogP contribution in [0.5, 0.6) is 0 Å². The molecule has 1 N–H and O–H groups in total. The maximum atomic E-state index is 13.2. The van der Waals surface area contributed by atoms with Gasteiger partial charge >= 0.3 is 0 Å². The number of carbonyl (C=O) groups is 1. The number of sulfonamides is 1. The number of halogens is 2. The van der Waals surface area contributed by atoms with Crippen molar-refractivity contribution in [1.29, 1.82) is 0 Å². The standard InChI is InChI=1S/C20H22ClFN2O3S/c21-17-6-8-19(9-7-17)28(26,27)24-12-2-4-16(14-24)20(25)23-11-10-15-3-1-5-18(22)13-15/h1,3,5-9,13,16H,2,4,10-12,14H2,(H,23,25). The van der Waals surface area contributed by atoms with E-state index in [4.69, 9.17) is 11.6 Å². The van der Waals surface area contributed by atoms with Crippen LogP contribution in [0.15, 0.2) is 53.4 Å². The van der Waals surface area contributed by atoms with E-state index in [0.29, 0.717) is 37.4 Å². The van der Waals surface area contributed by atoms with Gasteiger partial charge in [0.15, 0.2) is 0 Å². The summed E-state index contributed by atoms with van der Waals surface area (Å²) in [5, 5.41) is 3.31. The second kappa shape index (κ2) is 9.03. The minimum atomic E-state index is -3.66. The first-order valence-electron chi connectivity index (χ1n) is 9.14. The highest BCUT2D eigenvalue weighted by Crippen LogP contribution is 2.24. The molecule has 3 rings (SSSR count). The number of piperidine rings is 1. The number of amides is 1. The number of rotatable bonds is 6. The molecule has 1 amide bonds. The second-order valence-corrected chi connectivity index (χ2v) is 9.20. The van der Waals surface area contributed by atoms with Crippen LogP contribution in [-0.4, -0.2) is 38.3 Å². The Kier molecular flexibility index (Phi) is 6.69. The van der Waals surface area contributed by atoms with Crippen LogP contribution in [0, 0.1) is 11.7 Å². The van der Waals surface area contributed by atoms with Crippen molar-refractivity contribution in [2.75, 3.05) is 19.6 Å². The van der Waals surface area contributed by atoms with Crippen LogP contribution in [0.1, 0.15) is 18.4 Å². The van der Waals surface area contributed by atoms with Crippen LogP contribution in [0.3, 0.4) is 0 Å². The molecule has 1 heterocycles. The van der Waals surface area contributed by atoms with Gasteiger partial charge in [0.05, 0.1) is 10.8 Å². The van der Waals surface area contributed by atoms with Crippen LogP contribution in [0.4, 0.5) is 4.39 Å². The molecular formula is C20H22ClFN2O3S. The van der Waals surface area contributed by atoms with Gasteiger partial charge in [0, 0.05) is 24.7 Å². The van der Waals surface area contributed by atoms with Gasteiger partial charge in [-0.05, 0) is 61.2 Å². The molecule has 1 fully saturated rings. The maximum Gasteiger partial charge on any atom is 0.243 e. The molecule has 0 radical (unpaired) electrons. The fourth-order valence-electron chi connectivity index (χ4n) is 3.30. The highest BCUT2D eigenvalue weighted by molar-refractivity contribution is 7.89. The van der Waals surface area contributed by atoms with Crippen molar-refractivity contribution in [2.24, 2.45) is 5.92 Å². The monoisotopic (exact) mass is 424 g/mol. The van der Waals surface area contributed by atoms with E-state index in [0.717, 1.165) is 5.56 Å². The first-order chi connectivity index (χ1) is 13.4. The molecule has 1 atom stereocenters. The molecular weight excluding hydrogens is 403 g/mol. The molecule has 150 valence electrons. The van der Waals surface area contributed by atoms with Crippen LogP contribution in [-0.2, 0) is 21.2 Å². The average molecular weight is 425 g/mol. The number of nitrogens with one attached hydrogen (secondary N) is 1. The Hall–Kier alpha value is -1.96. The Morgan fingerprint density at radius 3 is 2.68 bits per heavy atom. The van der Waals surface area contributed by atoms with Gasteiger partial charge in [-0.3, -0.25) is 4.79 Å². The summed E-state index contributed by atoms with van der Waals surface area (Å²) >= 11 is 5.83. The van der Waals surface area contributed by atoms with Gasteiger partial charge in [-0.25, -0.2) is 12.8 Å². The predicted molar refractivity (Wildman–Crippen MR) is 106 cm³/mol. The summed E-state index contributed by atoms with van der Waals surface area (Å²) in [4.78, 5) is 12.7. The topological polar surface area (TPSA) is 66.5 Å². The summed E-state index contributed by atoms with van der Waals surface area (Å²) in [6, 6.07) is 12.3. The number of carbonyl (C=O) groups excluding carboxylic acids is 1. The maximum absolute atomic E-state index is 13.2. The number of benzene rings is 2. The van der Waals surface area contributed by atoms with Gasteiger partial charge < -0.3 is 5.32 Å². The van der Waals surface area contributed by atoms with Crippen LogP contribution in [0.2, 0.25) is 5.02 Å². The van der Waals surface area contributed by atoms with Crippen molar-refractivity contribution in [2.45, 2.75) is 24.2 Å². The lowest BCUT2D eigenvalue weighted by Gasteiger charge is -2.31. The fraction of sp³-hybridized carbons (Fsp3) is 0.350. The van der Waals surface area contributed by atoms with Crippen molar-refractivity contribution in [3.05, 3.63) is 64.9 Å². The van der Waals surface area contributed by atoms with E-state index >= 15 is 0 Å². The van der Waals surface area contributed by atoms with E-state index in [9.17, 15) is 17.6 Å². The summed E-state index contributed by atoms with van der Waals surface area (Å²) in [7, 11) is -3.66. The second-order valence-electron chi connectivity index (χ2n) is 6.83. The molecule has 0 aromatic heterocycles. The molecule has 1 saturated heterocycles. The highest BCUT2D eigenvalue weighted by Gasteiger charge is 2.33. The molecule has 8 heteroatoms. The summed E-state index contributed by atoms with van der Waals surface area (Å²) in [6.07, 6.45) is 1.77. The van der Waals surface area contributed by atoms with E-state index in [-0.39, 0.29) is 23.2 Å². The Labute approximate surface area is 169 Å². The molecule has 0 aliphatic carbocycles. The average Bonchev–Trinajstić information content (AvgIpc) is 2.68. The molecule has 0 saturated carbocycles. The van der Waals surface area contributed by atoms with Gasteiger partial charge in [-0.1, -0.05) is 23.7 Å².